The molecule has 3 unspecified atom stereocenters. The largest absolute Gasteiger partial charge is 0.394 e. The molecule has 14 heavy (non-hydrogen) atoms. The van der Waals surface area contributed by atoms with Crippen molar-refractivity contribution >= 4 is 0 Å². The molecule has 0 aliphatic carbocycles. The van der Waals surface area contributed by atoms with Gasteiger partial charge in [0.1, 0.15) is 24.4 Å². The lowest BCUT2D eigenvalue weighted by atomic mass is 9.98. The van der Waals surface area contributed by atoms with Crippen LogP contribution in [0.15, 0.2) is 0 Å². The number of rotatable bonds is 1. The Balaban J connectivity index is 1.94. The number of hydrogen-bond acceptors (Lipinski definition) is 6. The Hall–Kier alpha value is -0.240. The SMILES string of the molecule is CC12OC3[C@@H](OC(CO)[C@@H](O1)[C@H]3O)O2. The topological polar surface area (TPSA) is 77.4 Å². The summed E-state index contributed by atoms with van der Waals surface area (Å²) in [7, 11) is 0. The molecule has 6 atom stereocenters. The summed E-state index contributed by atoms with van der Waals surface area (Å²) in [6.07, 6.45) is -3.09. The quantitative estimate of drug-likeness (QED) is 0.544. The Bertz CT molecular complexity index is 256. The van der Waals surface area contributed by atoms with Crippen molar-refractivity contribution in [3.05, 3.63) is 0 Å². The first-order valence-electron chi connectivity index (χ1n) is 4.61. The van der Waals surface area contributed by atoms with Crippen LogP contribution < -0.4 is 0 Å². The predicted octanol–water partition coefficient (Wildman–Crippen LogP) is -1.45. The Morgan fingerprint density at radius 3 is 2.64 bits per heavy atom. The maximum Gasteiger partial charge on any atom is 0.283 e. The second kappa shape index (κ2) is 2.66. The molecule has 3 fully saturated rings. The van der Waals surface area contributed by atoms with Crippen molar-refractivity contribution in [1.29, 1.82) is 0 Å². The fourth-order valence-electron chi connectivity index (χ4n) is 2.20. The molecule has 80 valence electrons. The van der Waals surface area contributed by atoms with Crippen LogP contribution in [0, 0.1) is 0 Å². The van der Waals surface area contributed by atoms with Gasteiger partial charge in [-0.15, -0.1) is 0 Å². The van der Waals surface area contributed by atoms with Gasteiger partial charge in [0, 0.05) is 6.92 Å². The molecular formula is C8H12O6. The second-order valence-corrected chi connectivity index (χ2v) is 3.86. The maximum absolute atomic E-state index is 9.78. The highest BCUT2D eigenvalue weighted by atomic mass is 17.0. The van der Waals surface area contributed by atoms with E-state index in [0.717, 1.165) is 0 Å². The highest BCUT2D eigenvalue weighted by molar-refractivity contribution is 4.98. The zero-order chi connectivity index (χ0) is 9.92. The van der Waals surface area contributed by atoms with Crippen LogP contribution in [0.5, 0.6) is 0 Å². The molecule has 3 saturated heterocycles. The molecule has 0 saturated carbocycles. The molecule has 3 aliphatic heterocycles. The molecule has 0 radical (unpaired) electrons. The molecular weight excluding hydrogens is 192 g/mol. The minimum atomic E-state index is -1.14. The summed E-state index contributed by atoms with van der Waals surface area (Å²) in [5.74, 6) is -1.14. The van der Waals surface area contributed by atoms with Crippen molar-refractivity contribution in [3.8, 4) is 0 Å². The number of aliphatic hydroxyl groups excluding tert-OH is 2. The summed E-state index contributed by atoms with van der Waals surface area (Å²) < 4.78 is 21.4. The first-order chi connectivity index (χ1) is 6.63. The summed E-state index contributed by atoms with van der Waals surface area (Å²) >= 11 is 0. The zero-order valence-electron chi connectivity index (χ0n) is 7.62. The van der Waals surface area contributed by atoms with E-state index in [1.807, 2.05) is 0 Å². The van der Waals surface area contributed by atoms with E-state index in [-0.39, 0.29) is 6.61 Å². The molecule has 3 heterocycles. The molecule has 0 amide bonds. The van der Waals surface area contributed by atoms with Crippen LogP contribution in [-0.2, 0) is 18.9 Å². The summed E-state index contributed by atoms with van der Waals surface area (Å²) in [4.78, 5) is 0. The highest BCUT2D eigenvalue weighted by Crippen LogP contribution is 2.44. The molecule has 0 spiro atoms. The van der Waals surface area contributed by atoms with Crippen molar-refractivity contribution in [1.82, 2.24) is 0 Å². The minimum absolute atomic E-state index is 0.204. The number of hydrogen-bond donors (Lipinski definition) is 2. The fraction of sp³-hybridized carbons (Fsp3) is 1.00. The van der Waals surface area contributed by atoms with Gasteiger partial charge in [-0.2, -0.15) is 0 Å². The zero-order valence-corrected chi connectivity index (χ0v) is 7.62. The van der Waals surface area contributed by atoms with Gasteiger partial charge in [-0.1, -0.05) is 0 Å². The lowest BCUT2D eigenvalue weighted by Gasteiger charge is -2.42. The van der Waals surface area contributed by atoms with Gasteiger partial charge in [-0.25, -0.2) is 0 Å². The smallest absolute Gasteiger partial charge is 0.283 e. The van der Waals surface area contributed by atoms with Gasteiger partial charge >= 0.3 is 0 Å². The maximum atomic E-state index is 9.78. The van der Waals surface area contributed by atoms with Gasteiger partial charge in [0.2, 0.25) is 0 Å². The van der Waals surface area contributed by atoms with Crippen LogP contribution in [0.2, 0.25) is 0 Å². The van der Waals surface area contributed by atoms with Crippen LogP contribution >= 0.6 is 0 Å². The summed E-state index contributed by atoms with van der Waals surface area (Å²) in [5.41, 5.74) is 0. The molecule has 3 rings (SSSR count). The average molecular weight is 204 g/mol. The standard InChI is InChI=1S/C8H12O6/c1-8-12-5-3(2-9)11-7(14-8)6(13-8)4(5)10/h3-7,9-10H,2H2,1H3/t3?,4-,5-,6?,7+,8?/m1/s1. The van der Waals surface area contributed by atoms with E-state index in [1.54, 1.807) is 6.92 Å². The van der Waals surface area contributed by atoms with E-state index in [1.165, 1.54) is 0 Å². The Morgan fingerprint density at radius 2 is 1.93 bits per heavy atom. The van der Waals surface area contributed by atoms with Crippen molar-refractivity contribution in [3.63, 3.8) is 0 Å². The average Bonchev–Trinajstić information content (AvgIpc) is 2.33. The van der Waals surface area contributed by atoms with Crippen molar-refractivity contribution in [2.75, 3.05) is 6.61 Å². The normalized spacial score (nSPS) is 60.6. The first kappa shape index (κ1) is 9.02. The van der Waals surface area contributed by atoms with Gasteiger partial charge in [0.05, 0.1) is 6.61 Å². The number of fused-ring (bicyclic) bond motifs is 2. The monoisotopic (exact) mass is 204 g/mol. The van der Waals surface area contributed by atoms with Gasteiger partial charge in [0.15, 0.2) is 6.29 Å². The molecule has 0 aromatic rings. The highest BCUT2D eigenvalue weighted by Gasteiger charge is 2.63. The van der Waals surface area contributed by atoms with Gasteiger partial charge in [-0.3, -0.25) is 4.74 Å². The van der Waals surface area contributed by atoms with Crippen LogP contribution in [-0.4, -0.2) is 53.5 Å². The van der Waals surface area contributed by atoms with E-state index in [9.17, 15) is 5.11 Å². The molecule has 6 nitrogen and oxygen atoms in total. The van der Waals surface area contributed by atoms with Crippen LogP contribution in [0.3, 0.4) is 0 Å². The van der Waals surface area contributed by atoms with Crippen molar-refractivity contribution in [2.24, 2.45) is 0 Å². The molecule has 2 N–H and O–H groups in total. The lowest BCUT2D eigenvalue weighted by molar-refractivity contribution is -0.382. The Labute approximate surface area is 80.3 Å². The van der Waals surface area contributed by atoms with Gasteiger partial charge in [-0.05, 0) is 0 Å². The summed E-state index contributed by atoms with van der Waals surface area (Å²) in [5, 5.41) is 18.8. The van der Waals surface area contributed by atoms with E-state index >= 15 is 0 Å². The van der Waals surface area contributed by atoms with E-state index < -0.39 is 36.7 Å². The molecule has 6 heteroatoms. The third kappa shape index (κ3) is 1.01. The van der Waals surface area contributed by atoms with Crippen LogP contribution in [0.1, 0.15) is 6.92 Å². The molecule has 0 aromatic carbocycles. The Kier molecular flexibility index (Phi) is 1.71. The third-order valence-corrected chi connectivity index (χ3v) is 2.83. The van der Waals surface area contributed by atoms with E-state index in [2.05, 4.69) is 0 Å². The first-order valence-corrected chi connectivity index (χ1v) is 4.61. The van der Waals surface area contributed by atoms with Crippen molar-refractivity contribution in [2.45, 2.75) is 43.6 Å². The number of ether oxygens (including phenoxy) is 4. The Morgan fingerprint density at radius 1 is 1.21 bits per heavy atom. The third-order valence-electron chi connectivity index (χ3n) is 2.83. The van der Waals surface area contributed by atoms with Crippen molar-refractivity contribution < 1.29 is 29.2 Å². The van der Waals surface area contributed by atoms with Crippen LogP contribution in [0.4, 0.5) is 0 Å². The molecule has 0 aromatic heterocycles. The minimum Gasteiger partial charge on any atom is -0.394 e. The van der Waals surface area contributed by atoms with Gasteiger partial charge in [0.25, 0.3) is 5.97 Å². The number of aliphatic hydroxyl groups is 2. The molecule has 3 bridgehead atoms. The van der Waals surface area contributed by atoms with E-state index in [0.29, 0.717) is 0 Å². The fourth-order valence-corrected chi connectivity index (χ4v) is 2.20. The molecule has 3 aliphatic rings. The lowest BCUT2D eigenvalue weighted by Crippen LogP contribution is -2.61. The van der Waals surface area contributed by atoms with E-state index in [4.69, 9.17) is 24.1 Å². The summed E-state index contributed by atoms with van der Waals surface area (Å²) in [6.45, 7) is 1.42. The van der Waals surface area contributed by atoms with Gasteiger partial charge < -0.3 is 24.4 Å². The second-order valence-electron chi connectivity index (χ2n) is 3.86. The van der Waals surface area contributed by atoms with Crippen LogP contribution in [0.25, 0.3) is 0 Å². The summed E-state index contributed by atoms with van der Waals surface area (Å²) in [6, 6.07) is 0. The predicted molar refractivity (Wildman–Crippen MR) is 41.0 cm³/mol.